The molecule has 0 amide bonds. The SMILES string of the molecule is CC(C)(C)OC(=O)CC(O)CCCC(=O)CO. The number of aliphatic hydroxyl groups excluding tert-OH is 2. The highest BCUT2D eigenvalue weighted by molar-refractivity contribution is 5.79. The molecule has 5 nitrogen and oxygen atoms in total. The zero-order chi connectivity index (χ0) is 13.5. The van der Waals surface area contributed by atoms with Crippen molar-refractivity contribution in [1.82, 2.24) is 0 Å². The molecule has 17 heavy (non-hydrogen) atoms. The molecule has 0 fully saturated rings. The Morgan fingerprint density at radius 1 is 1.29 bits per heavy atom. The molecule has 1 unspecified atom stereocenters. The van der Waals surface area contributed by atoms with Crippen LogP contribution in [0.3, 0.4) is 0 Å². The van der Waals surface area contributed by atoms with E-state index in [0.29, 0.717) is 12.8 Å². The fraction of sp³-hybridized carbons (Fsp3) is 0.833. The maximum absolute atomic E-state index is 11.3. The molecule has 0 aromatic rings. The Hall–Kier alpha value is -0.940. The van der Waals surface area contributed by atoms with Gasteiger partial charge in [0.2, 0.25) is 0 Å². The summed E-state index contributed by atoms with van der Waals surface area (Å²) in [4.78, 5) is 22.1. The lowest BCUT2D eigenvalue weighted by atomic mass is 10.1. The second-order valence-corrected chi connectivity index (χ2v) is 5.03. The monoisotopic (exact) mass is 246 g/mol. The van der Waals surface area contributed by atoms with Crippen molar-refractivity contribution in [1.29, 1.82) is 0 Å². The summed E-state index contributed by atoms with van der Waals surface area (Å²) in [6.07, 6.45) is 0.178. The summed E-state index contributed by atoms with van der Waals surface area (Å²) in [5.41, 5.74) is -0.552. The number of hydrogen-bond acceptors (Lipinski definition) is 5. The van der Waals surface area contributed by atoms with E-state index in [-0.39, 0.29) is 18.6 Å². The number of ketones is 1. The Morgan fingerprint density at radius 2 is 1.88 bits per heavy atom. The summed E-state index contributed by atoms with van der Waals surface area (Å²) in [5.74, 6) is -0.701. The topological polar surface area (TPSA) is 83.8 Å². The van der Waals surface area contributed by atoms with Crippen molar-refractivity contribution < 1.29 is 24.5 Å². The van der Waals surface area contributed by atoms with Crippen molar-refractivity contribution in [3.05, 3.63) is 0 Å². The van der Waals surface area contributed by atoms with Crippen LogP contribution in [0.4, 0.5) is 0 Å². The largest absolute Gasteiger partial charge is 0.460 e. The molecule has 5 heteroatoms. The molecule has 0 heterocycles. The van der Waals surface area contributed by atoms with Gasteiger partial charge in [0.25, 0.3) is 0 Å². The van der Waals surface area contributed by atoms with E-state index >= 15 is 0 Å². The van der Waals surface area contributed by atoms with Crippen LogP contribution in [0.1, 0.15) is 46.5 Å². The van der Waals surface area contributed by atoms with Gasteiger partial charge in [-0.25, -0.2) is 0 Å². The lowest BCUT2D eigenvalue weighted by Gasteiger charge is -2.20. The number of carbonyl (C=O) groups excluding carboxylic acids is 2. The molecular weight excluding hydrogens is 224 g/mol. The molecular formula is C12H22O5. The standard InChI is InChI=1S/C12H22O5/c1-12(2,3)17-11(16)7-9(14)5-4-6-10(15)8-13/h9,13-14H,4-8H2,1-3H3. The van der Waals surface area contributed by atoms with E-state index in [0.717, 1.165) is 0 Å². The first-order valence-electron chi connectivity index (χ1n) is 5.77. The van der Waals surface area contributed by atoms with Crippen LogP contribution in [0.15, 0.2) is 0 Å². The molecule has 0 saturated heterocycles. The van der Waals surface area contributed by atoms with Gasteiger partial charge in [-0.2, -0.15) is 0 Å². The summed E-state index contributed by atoms with van der Waals surface area (Å²) in [6.45, 7) is 4.81. The minimum absolute atomic E-state index is 0.0649. The molecule has 1 atom stereocenters. The quantitative estimate of drug-likeness (QED) is 0.649. The number of esters is 1. The average molecular weight is 246 g/mol. The maximum Gasteiger partial charge on any atom is 0.308 e. The van der Waals surface area contributed by atoms with Crippen LogP contribution >= 0.6 is 0 Å². The Bertz CT molecular complexity index is 254. The van der Waals surface area contributed by atoms with Crippen LogP contribution in [0.25, 0.3) is 0 Å². The number of rotatable bonds is 7. The van der Waals surface area contributed by atoms with Crippen LogP contribution in [0.5, 0.6) is 0 Å². The van der Waals surface area contributed by atoms with Crippen molar-refractivity contribution >= 4 is 11.8 Å². The molecule has 2 N–H and O–H groups in total. The van der Waals surface area contributed by atoms with E-state index in [1.165, 1.54) is 0 Å². The van der Waals surface area contributed by atoms with Gasteiger partial charge in [0.05, 0.1) is 12.5 Å². The highest BCUT2D eigenvalue weighted by Gasteiger charge is 2.19. The molecule has 0 aromatic heterocycles. The molecule has 0 aliphatic carbocycles. The van der Waals surface area contributed by atoms with Gasteiger partial charge in [0.1, 0.15) is 12.2 Å². The molecule has 0 saturated carbocycles. The van der Waals surface area contributed by atoms with Crippen LogP contribution in [-0.2, 0) is 14.3 Å². The summed E-state index contributed by atoms with van der Waals surface area (Å²) >= 11 is 0. The molecule has 0 aromatic carbocycles. The fourth-order valence-electron chi connectivity index (χ4n) is 1.29. The van der Waals surface area contributed by atoms with E-state index < -0.39 is 24.3 Å². The van der Waals surface area contributed by atoms with Crippen LogP contribution in [-0.4, -0.2) is 40.3 Å². The summed E-state index contributed by atoms with van der Waals surface area (Å²) in [7, 11) is 0. The summed E-state index contributed by atoms with van der Waals surface area (Å²) < 4.78 is 5.05. The van der Waals surface area contributed by atoms with Gasteiger partial charge in [-0.1, -0.05) is 0 Å². The number of hydrogen-bond donors (Lipinski definition) is 2. The summed E-state index contributed by atoms with van der Waals surface area (Å²) in [5, 5.41) is 18.0. The molecule has 0 rings (SSSR count). The Balaban J connectivity index is 3.75. The fourth-order valence-corrected chi connectivity index (χ4v) is 1.29. The smallest absolute Gasteiger partial charge is 0.308 e. The first-order chi connectivity index (χ1) is 7.74. The highest BCUT2D eigenvalue weighted by atomic mass is 16.6. The third-order valence-electron chi connectivity index (χ3n) is 1.99. The minimum atomic E-state index is -0.795. The summed E-state index contributed by atoms with van der Waals surface area (Å²) in [6, 6.07) is 0. The molecule has 0 aliphatic heterocycles. The molecule has 0 aliphatic rings. The third kappa shape index (κ3) is 9.96. The van der Waals surface area contributed by atoms with Gasteiger partial charge in [-0.15, -0.1) is 0 Å². The number of aliphatic hydroxyl groups is 2. The third-order valence-corrected chi connectivity index (χ3v) is 1.99. The van der Waals surface area contributed by atoms with Crippen molar-refractivity contribution in [2.45, 2.75) is 58.2 Å². The maximum atomic E-state index is 11.3. The van der Waals surface area contributed by atoms with Crippen LogP contribution < -0.4 is 0 Å². The first-order valence-corrected chi connectivity index (χ1v) is 5.77. The lowest BCUT2D eigenvalue weighted by Crippen LogP contribution is -2.26. The van der Waals surface area contributed by atoms with Crippen molar-refractivity contribution in [3.8, 4) is 0 Å². The normalized spacial score (nSPS) is 13.2. The van der Waals surface area contributed by atoms with Gasteiger partial charge in [0, 0.05) is 6.42 Å². The molecule has 0 bridgehead atoms. The molecule has 0 radical (unpaired) electrons. The van der Waals surface area contributed by atoms with Crippen molar-refractivity contribution in [3.63, 3.8) is 0 Å². The highest BCUT2D eigenvalue weighted by Crippen LogP contribution is 2.11. The first kappa shape index (κ1) is 16.1. The predicted molar refractivity (Wildman–Crippen MR) is 62.4 cm³/mol. The second kappa shape index (κ2) is 7.40. The van der Waals surface area contributed by atoms with Gasteiger partial charge >= 0.3 is 5.97 Å². The molecule has 100 valence electrons. The average Bonchev–Trinajstić information content (AvgIpc) is 2.13. The lowest BCUT2D eigenvalue weighted by molar-refractivity contribution is -0.157. The van der Waals surface area contributed by atoms with E-state index in [1.807, 2.05) is 0 Å². The van der Waals surface area contributed by atoms with E-state index in [4.69, 9.17) is 9.84 Å². The van der Waals surface area contributed by atoms with Gasteiger partial charge < -0.3 is 14.9 Å². The Labute approximate surface area is 102 Å². The van der Waals surface area contributed by atoms with Gasteiger partial charge in [-0.05, 0) is 33.6 Å². The van der Waals surface area contributed by atoms with Crippen LogP contribution in [0, 0.1) is 0 Å². The second-order valence-electron chi connectivity index (χ2n) is 5.03. The predicted octanol–water partition coefficient (Wildman–Crippen LogP) is 0.811. The van der Waals surface area contributed by atoms with E-state index in [9.17, 15) is 14.7 Å². The Kier molecular flexibility index (Phi) is 6.99. The van der Waals surface area contributed by atoms with Crippen molar-refractivity contribution in [2.24, 2.45) is 0 Å². The van der Waals surface area contributed by atoms with Gasteiger partial charge in [0.15, 0.2) is 5.78 Å². The Morgan fingerprint density at radius 3 is 2.35 bits per heavy atom. The minimum Gasteiger partial charge on any atom is -0.460 e. The molecule has 0 spiro atoms. The number of carbonyl (C=O) groups is 2. The van der Waals surface area contributed by atoms with E-state index in [2.05, 4.69) is 0 Å². The van der Waals surface area contributed by atoms with Crippen LogP contribution in [0.2, 0.25) is 0 Å². The van der Waals surface area contributed by atoms with Gasteiger partial charge in [-0.3, -0.25) is 9.59 Å². The van der Waals surface area contributed by atoms with Crippen molar-refractivity contribution in [2.75, 3.05) is 6.61 Å². The zero-order valence-electron chi connectivity index (χ0n) is 10.7. The number of ether oxygens (including phenoxy) is 1. The zero-order valence-corrected chi connectivity index (χ0v) is 10.7. The number of Topliss-reactive ketones (excluding diaryl/α,β-unsaturated/α-hetero) is 1. The van der Waals surface area contributed by atoms with E-state index in [1.54, 1.807) is 20.8 Å².